The van der Waals surface area contributed by atoms with E-state index in [4.69, 9.17) is 0 Å². The number of carbonyl (C=O) groups excluding carboxylic acids is 2. The molecule has 0 bridgehead atoms. The molecule has 0 spiro atoms. The Bertz CT molecular complexity index is 327. The van der Waals surface area contributed by atoms with Crippen LogP contribution in [0.3, 0.4) is 0 Å². The van der Waals surface area contributed by atoms with E-state index in [0.717, 1.165) is 44.9 Å². The summed E-state index contributed by atoms with van der Waals surface area (Å²) < 4.78 is 0. The summed E-state index contributed by atoms with van der Waals surface area (Å²) in [6.45, 7) is 8.45. The lowest BCUT2D eigenvalue weighted by atomic mass is 9.83. The molecule has 0 aromatic heterocycles. The van der Waals surface area contributed by atoms with Gasteiger partial charge < -0.3 is 0 Å². The molecule has 2 amide bonds. The quantitative estimate of drug-likeness (QED) is 0.595. The summed E-state index contributed by atoms with van der Waals surface area (Å²) in [4.78, 5) is 26.4. The fourth-order valence-electron chi connectivity index (χ4n) is 3.44. The summed E-state index contributed by atoms with van der Waals surface area (Å²) in [5.41, 5.74) is 0. The number of carbonyl (C=O) groups is 2. The third-order valence-corrected chi connectivity index (χ3v) is 4.52. The Kier molecular flexibility index (Phi) is 7.25. The van der Waals surface area contributed by atoms with Gasteiger partial charge in [-0.05, 0) is 32.1 Å². The molecule has 1 saturated heterocycles. The minimum absolute atomic E-state index is 0.0479. The van der Waals surface area contributed by atoms with Crippen molar-refractivity contribution in [3.05, 3.63) is 0 Å². The first kappa shape index (κ1) is 17.2. The van der Waals surface area contributed by atoms with Crippen LogP contribution in [0.15, 0.2) is 0 Å². The molecule has 1 aliphatic rings. The lowest BCUT2D eigenvalue weighted by Crippen LogP contribution is -2.39. The number of unbranched alkanes of at least 4 members (excludes halogenated alkanes) is 1. The van der Waals surface area contributed by atoms with E-state index in [2.05, 4.69) is 20.8 Å². The highest BCUT2D eigenvalue weighted by molar-refractivity contribution is 6.04. The van der Waals surface area contributed by atoms with E-state index in [0.29, 0.717) is 12.3 Å². The van der Waals surface area contributed by atoms with Gasteiger partial charge in [0.05, 0.1) is 5.92 Å². The summed E-state index contributed by atoms with van der Waals surface area (Å²) in [6, 6.07) is 0.0680. The second-order valence-corrected chi connectivity index (χ2v) is 6.24. The standard InChI is InChI=1S/C17H31NO2/c1-5-8-11-14(10-7-3)15-12-16(19)18(17(15)20)13(4)9-6-2/h13-15H,5-12H2,1-4H3. The Morgan fingerprint density at radius 2 is 1.70 bits per heavy atom. The van der Waals surface area contributed by atoms with E-state index in [-0.39, 0.29) is 23.8 Å². The molecule has 3 atom stereocenters. The molecule has 1 rings (SSSR count). The molecule has 116 valence electrons. The molecule has 0 N–H and O–H groups in total. The maximum absolute atomic E-state index is 12.6. The van der Waals surface area contributed by atoms with Crippen molar-refractivity contribution in [1.29, 1.82) is 0 Å². The van der Waals surface area contributed by atoms with Gasteiger partial charge in [0.15, 0.2) is 0 Å². The maximum atomic E-state index is 12.6. The second kappa shape index (κ2) is 8.43. The van der Waals surface area contributed by atoms with Crippen molar-refractivity contribution in [3.8, 4) is 0 Å². The van der Waals surface area contributed by atoms with Gasteiger partial charge in [-0.3, -0.25) is 14.5 Å². The van der Waals surface area contributed by atoms with Crippen molar-refractivity contribution >= 4 is 11.8 Å². The minimum Gasteiger partial charge on any atom is -0.280 e. The lowest BCUT2D eigenvalue weighted by Gasteiger charge is -2.25. The Hall–Kier alpha value is -0.860. The summed E-state index contributed by atoms with van der Waals surface area (Å²) in [7, 11) is 0. The van der Waals surface area contributed by atoms with Crippen LogP contribution in [0.25, 0.3) is 0 Å². The molecule has 3 unspecified atom stereocenters. The number of hydrogen-bond donors (Lipinski definition) is 0. The Labute approximate surface area is 124 Å². The first-order valence-corrected chi connectivity index (χ1v) is 8.42. The Morgan fingerprint density at radius 3 is 2.25 bits per heavy atom. The first-order valence-electron chi connectivity index (χ1n) is 8.42. The van der Waals surface area contributed by atoms with E-state index in [1.54, 1.807) is 4.90 Å². The zero-order chi connectivity index (χ0) is 15.1. The SMILES string of the molecule is CCCCC(CCC)C1CC(=O)N(C(C)CCC)C1=O. The first-order chi connectivity index (χ1) is 9.56. The third-order valence-electron chi connectivity index (χ3n) is 4.52. The van der Waals surface area contributed by atoms with Gasteiger partial charge in [-0.2, -0.15) is 0 Å². The van der Waals surface area contributed by atoms with Crippen molar-refractivity contribution in [2.75, 3.05) is 0 Å². The molecular formula is C17H31NO2. The van der Waals surface area contributed by atoms with E-state index < -0.39 is 0 Å². The van der Waals surface area contributed by atoms with Crippen molar-refractivity contribution in [1.82, 2.24) is 4.90 Å². The van der Waals surface area contributed by atoms with Gasteiger partial charge in [-0.25, -0.2) is 0 Å². The second-order valence-electron chi connectivity index (χ2n) is 6.24. The Morgan fingerprint density at radius 1 is 1.05 bits per heavy atom. The normalized spacial score (nSPS) is 22.4. The highest BCUT2D eigenvalue weighted by Gasteiger charge is 2.43. The molecule has 0 aromatic carbocycles. The Balaban J connectivity index is 2.75. The largest absolute Gasteiger partial charge is 0.280 e. The van der Waals surface area contributed by atoms with E-state index in [1.165, 1.54) is 0 Å². The predicted molar refractivity (Wildman–Crippen MR) is 82.3 cm³/mol. The fourth-order valence-corrected chi connectivity index (χ4v) is 3.44. The predicted octanol–water partition coefficient (Wildman–Crippen LogP) is 4.16. The number of rotatable bonds is 9. The van der Waals surface area contributed by atoms with Gasteiger partial charge in [0.1, 0.15) is 0 Å². The van der Waals surface area contributed by atoms with Crippen molar-refractivity contribution in [2.24, 2.45) is 11.8 Å². The van der Waals surface area contributed by atoms with Crippen LogP contribution >= 0.6 is 0 Å². The third kappa shape index (κ3) is 4.07. The van der Waals surface area contributed by atoms with Crippen LogP contribution in [-0.4, -0.2) is 22.8 Å². The topological polar surface area (TPSA) is 37.4 Å². The van der Waals surface area contributed by atoms with Crippen LogP contribution in [0.5, 0.6) is 0 Å². The highest BCUT2D eigenvalue weighted by atomic mass is 16.2. The molecule has 1 heterocycles. The van der Waals surface area contributed by atoms with Crippen LogP contribution in [0.2, 0.25) is 0 Å². The molecule has 1 fully saturated rings. The van der Waals surface area contributed by atoms with Gasteiger partial charge in [-0.15, -0.1) is 0 Å². The maximum Gasteiger partial charge on any atom is 0.233 e. The average molecular weight is 281 g/mol. The van der Waals surface area contributed by atoms with Gasteiger partial charge in [0.25, 0.3) is 0 Å². The fraction of sp³-hybridized carbons (Fsp3) is 0.882. The zero-order valence-corrected chi connectivity index (χ0v) is 13.7. The molecule has 0 saturated carbocycles. The number of likely N-dealkylation sites (tertiary alicyclic amines) is 1. The lowest BCUT2D eigenvalue weighted by molar-refractivity contribution is -0.142. The molecule has 0 radical (unpaired) electrons. The highest BCUT2D eigenvalue weighted by Crippen LogP contribution is 2.34. The number of amides is 2. The minimum atomic E-state index is -0.0479. The van der Waals surface area contributed by atoms with Gasteiger partial charge in [-0.1, -0.05) is 46.5 Å². The van der Waals surface area contributed by atoms with Crippen LogP contribution in [-0.2, 0) is 9.59 Å². The average Bonchev–Trinajstić information content (AvgIpc) is 2.70. The van der Waals surface area contributed by atoms with Crippen LogP contribution in [0, 0.1) is 11.8 Å². The number of hydrogen-bond acceptors (Lipinski definition) is 2. The van der Waals surface area contributed by atoms with E-state index in [1.807, 2.05) is 6.92 Å². The zero-order valence-electron chi connectivity index (χ0n) is 13.7. The molecule has 1 aliphatic heterocycles. The summed E-state index contributed by atoms with van der Waals surface area (Å²) >= 11 is 0. The number of nitrogens with zero attached hydrogens (tertiary/aromatic N) is 1. The van der Waals surface area contributed by atoms with Crippen LogP contribution in [0.1, 0.15) is 79.1 Å². The molecule has 20 heavy (non-hydrogen) atoms. The monoisotopic (exact) mass is 281 g/mol. The number of imide groups is 1. The van der Waals surface area contributed by atoms with Crippen molar-refractivity contribution in [2.45, 2.75) is 85.1 Å². The van der Waals surface area contributed by atoms with E-state index in [9.17, 15) is 9.59 Å². The van der Waals surface area contributed by atoms with Crippen molar-refractivity contribution in [3.63, 3.8) is 0 Å². The van der Waals surface area contributed by atoms with Crippen molar-refractivity contribution < 1.29 is 9.59 Å². The van der Waals surface area contributed by atoms with Gasteiger partial charge in [0.2, 0.25) is 11.8 Å². The molecule has 3 heteroatoms. The molecule has 0 aliphatic carbocycles. The summed E-state index contributed by atoms with van der Waals surface area (Å²) in [6.07, 6.45) is 7.94. The van der Waals surface area contributed by atoms with Gasteiger partial charge >= 0.3 is 0 Å². The van der Waals surface area contributed by atoms with Crippen LogP contribution in [0.4, 0.5) is 0 Å². The van der Waals surface area contributed by atoms with Crippen LogP contribution < -0.4 is 0 Å². The summed E-state index contributed by atoms with van der Waals surface area (Å²) in [5.74, 6) is 0.507. The molecular weight excluding hydrogens is 250 g/mol. The van der Waals surface area contributed by atoms with E-state index >= 15 is 0 Å². The smallest absolute Gasteiger partial charge is 0.233 e. The molecule has 3 nitrogen and oxygen atoms in total. The molecule has 0 aromatic rings. The van der Waals surface area contributed by atoms with Gasteiger partial charge in [0, 0.05) is 12.5 Å². The summed E-state index contributed by atoms with van der Waals surface area (Å²) in [5, 5.41) is 0.